The van der Waals surface area contributed by atoms with Crippen LogP contribution < -0.4 is 5.32 Å². The molecular formula is C12H12N2O3S. The van der Waals surface area contributed by atoms with Crippen LogP contribution in [-0.2, 0) is 4.79 Å². The summed E-state index contributed by atoms with van der Waals surface area (Å²) >= 11 is 1.28. The molecule has 0 unspecified atom stereocenters. The molecule has 0 aliphatic rings. The molecule has 18 heavy (non-hydrogen) atoms. The number of nitrogens with one attached hydrogen (secondary N) is 1. The Kier molecular flexibility index (Phi) is 3.47. The van der Waals surface area contributed by atoms with Crippen molar-refractivity contribution >= 4 is 23.2 Å². The van der Waals surface area contributed by atoms with Gasteiger partial charge in [-0.15, -0.1) is 11.3 Å². The highest BCUT2D eigenvalue weighted by Crippen LogP contribution is 2.21. The predicted molar refractivity (Wildman–Crippen MR) is 68.2 cm³/mol. The van der Waals surface area contributed by atoms with Gasteiger partial charge in [0.15, 0.2) is 0 Å². The second-order valence-corrected chi connectivity index (χ2v) is 4.67. The Morgan fingerprint density at radius 1 is 1.39 bits per heavy atom. The first kappa shape index (κ1) is 12.4. The van der Waals surface area contributed by atoms with Crippen LogP contribution in [0.4, 0.5) is 0 Å². The number of hydrogen-bond acceptors (Lipinski definition) is 3. The molecule has 2 rings (SSSR count). The SMILES string of the molecule is C[C@@H](NC(=O)c1sccc1-n1cccc1)C(=O)O. The van der Waals surface area contributed by atoms with E-state index in [2.05, 4.69) is 5.32 Å². The Morgan fingerprint density at radius 2 is 2.06 bits per heavy atom. The molecule has 6 heteroatoms. The smallest absolute Gasteiger partial charge is 0.325 e. The first-order chi connectivity index (χ1) is 8.59. The number of carbonyl (C=O) groups is 2. The molecule has 1 atom stereocenters. The fourth-order valence-corrected chi connectivity index (χ4v) is 2.29. The monoisotopic (exact) mass is 264 g/mol. The van der Waals surface area contributed by atoms with E-state index in [-0.39, 0.29) is 5.91 Å². The van der Waals surface area contributed by atoms with E-state index in [0.29, 0.717) is 4.88 Å². The third-order valence-electron chi connectivity index (χ3n) is 2.45. The van der Waals surface area contributed by atoms with E-state index in [0.717, 1.165) is 5.69 Å². The normalized spacial score (nSPS) is 12.1. The van der Waals surface area contributed by atoms with Crippen LogP contribution in [-0.4, -0.2) is 27.6 Å². The number of carbonyl (C=O) groups excluding carboxylic acids is 1. The third-order valence-corrected chi connectivity index (χ3v) is 3.35. The molecule has 0 fully saturated rings. The molecule has 5 nitrogen and oxygen atoms in total. The summed E-state index contributed by atoms with van der Waals surface area (Å²) in [6.45, 7) is 1.43. The lowest BCUT2D eigenvalue weighted by Crippen LogP contribution is -2.38. The molecule has 0 aliphatic carbocycles. The fraction of sp³-hybridized carbons (Fsp3) is 0.167. The highest BCUT2D eigenvalue weighted by molar-refractivity contribution is 7.12. The van der Waals surface area contributed by atoms with Gasteiger partial charge < -0.3 is 15.0 Å². The highest BCUT2D eigenvalue weighted by atomic mass is 32.1. The molecule has 0 saturated carbocycles. The standard InChI is InChI=1S/C12H12N2O3S/c1-8(12(16)17)13-11(15)10-9(4-7-18-10)14-5-2-3-6-14/h2-8H,1H3,(H,13,15)(H,16,17)/t8-/m1/s1. The van der Waals surface area contributed by atoms with Gasteiger partial charge in [0.25, 0.3) is 5.91 Å². The first-order valence-electron chi connectivity index (χ1n) is 5.34. The van der Waals surface area contributed by atoms with E-state index >= 15 is 0 Å². The zero-order valence-electron chi connectivity index (χ0n) is 9.66. The van der Waals surface area contributed by atoms with Crippen molar-refractivity contribution < 1.29 is 14.7 Å². The van der Waals surface area contributed by atoms with E-state index < -0.39 is 12.0 Å². The summed E-state index contributed by atoms with van der Waals surface area (Å²) in [6.07, 6.45) is 3.67. The van der Waals surface area contributed by atoms with Crippen LogP contribution in [0.3, 0.4) is 0 Å². The Balaban J connectivity index is 2.22. The highest BCUT2D eigenvalue weighted by Gasteiger charge is 2.19. The van der Waals surface area contributed by atoms with E-state index in [1.165, 1.54) is 18.3 Å². The Bertz CT molecular complexity index is 560. The number of hydrogen-bond donors (Lipinski definition) is 2. The summed E-state index contributed by atoms with van der Waals surface area (Å²) < 4.78 is 1.82. The zero-order chi connectivity index (χ0) is 13.1. The van der Waals surface area contributed by atoms with Gasteiger partial charge in [-0.3, -0.25) is 9.59 Å². The van der Waals surface area contributed by atoms with E-state index in [9.17, 15) is 9.59 Å². The molecule has 0 bridgehead atoms. The van der Waals surface area contributed by atoms with Crippen molar-refractivity contribution in [2.75, 3.05) is 0 Å². The maximum Gasteiger partial charge on any atom is 0.325 e. The lowest BCUT2D eigenvalue weighted by atomic mass is 10.3. The molecule has 0 saturated heterocycles. The Morgan fingerprint density at radius 3 is 2.67 bits per heavy atom. The minimum atomic E-state index is -1.05. The summed E-state index contributed by atoms with van der Waals surface area (Å²) in [6, 6.07) is 4.64. The number of aliphatic carboxylic acids is 1. The van der Waals surface area contributed by atoms with Gasteiger partial charge in [-0.2, -0.15) is 0 Å². The number of thiophene rings is 1. The summed E-state index contributed by atoms with van der Waals surface area (Å²) in [5.74, 6) is -1.42. The van der Waals surface area contributed by atoms with Crippen LogP contribution in [0.15, 0.2) is 36.0 Å². The zero-order valence-corrected chi connectivity index (χ0v) is 10.5. The minimum Gasteiger partial charge on any atom is -0.480 e. The lowest BCUT2D eigenvalue weighted by molar-refractivity contribution is -0.138. The largest absolute Gasteiger partial charge is 0.480 e. The minimum absolute atomic E-state index is 0.372. The van der Waals surface area contributed by atoms with Gasteiger partial charge >= 0.3 is 5.97 Å². The van der Waals surface area contributed by atoms with Crippen molar-refractivity contribution in [3.8, 4) is 5.69 Å². The quantitative estimate of drug-likeness (QED) is 0.883. The van der Waals surface area contributed by atoms with Gasteiger partial charge in [0.05, 0.1) is 5.69 Å². The predicted octanol–water partition coefficient (Wildman–Crippen LogP) is 1.74. The number of rotatable bonds is 4. The third kappa shape index (κ3) is 2.43. The number of amides is 1. The molecule has 1 amide bonds. The molecule has 0 aliphatic heterocycles. The van der Waals surface area contributed by atoms with Gasteiger partial charge in [0.2, 0.25) is 0 Å². The Hall–Kier alpha value is -2.08. The van der Waals surface area contributed by atoms with Crippen LogP contribution in [0.2, 0.25) is 0 Å². The van der Waals surface area contributed by atoms with Gasteiger partial charge in [0, 0.05) is 12.4 Å². The molecule has 0 spiro atoms. The molecule has 2 aromatic rings. The molecule has 0 aromatic carbocycles. The maximum atomic E-state index is 12.0. The number of aromatic nitrogens is 1. The van der Waals surface area contributed by atoms with Crippen molar-refractivity contribution in [1.29, 1.82) is 0 Å². The van der Waals surface area contributed by atoms with Gasteiger partial charge in [0.1, 0.15) is 10.9 Å². The number of carboxylic acid groups (broad SMARTS) is 1. The number of nitrogens with zero attached hydrogens (tertiary/aromatic N) is 1. The van der Waals surface area contributed by atoms with Crippen molar-refractivity contribution in [2.24, 2.45) is 0 Å². The van der Waals surface area contributed by atoms with Crippen molar-refractivity contribution in [3.05, 3.63) is 40.8 Å². The van der Waals surface area contributed by atoms with Crippen molar-refractivity contribution in [1.82, 2.24) is 9.88 Å². The van der Waals surface area contributed by atoms with Crippen LogP contribution in [0, 0.1) is 0 Å². The van der Waals surface area contributed by atoms with Crippen molar-refractivity contribution in [2.45, 2.75) is 13.0 Å². The second-order valence-electron chi connectivity index (χ2n) is 3.76. The van der Waals surface area contributed by atoms with Gasteiger partial charge in [-0.05, 0) is 30.5 Å². The fourth-order valence-electron chi connectivity index (χ4n) is 1.49. The van der Waals surface area contributed by atoms with Crippen LogP contribution >= 0.6 is 11.3 Å². The van der Waals surface area contributed by atoms with E-state index in [1.807, 2.05) is 35.2 Å². The average Bonchev–Trinajstić information content (AvgIpc) is 2.99. The molecule has 94 valence electrons. The molecule has 2 N–H and O–H groups in total. The van der Waals surface area contributed by atoms with Crippen LogP contribution in [0.5, 0.6) is 0 Å². The van der Waals surface area contributed by atoms with Crippen molar-refractivity contribution in [3.63, 3.8) is 0 Å². The summed E-state index contributed by atoms with van der Waals surface area (Å²) in [7, 11) is 0. The topological polar surface area (TPSA) is 71.3 Å². The lowest BCUT2D eigenvalue weighted by Gasteiger charge is -2.09. The maximum absolute atomic E-state index is 12.0. The van der Waals surface area contributed by atoms with E-state index in [1.54, 1.807) is 5.38 Å². The molecule has 0 radical (unpaired) electrons. The first-order valence-corrected chi connectivity index (χ1v) is 6.22. The van der Waals surface area contributed by atoms with E-state index in [4.69, 9.17) is 5.11 Å². The second kappa shape index (κ2) is 5.05. The van der Waals surface area contributed by atoms with Gasteiger partial charge in [-0.1, -0.05) is 0 Å². The number of carboxylic acids is 1. The molecule has 2 heterocycles. The molecular weight excluding hydrogens is 252 g/mol. The van der Waals surface area contributed by atoms with Crippen LogP contribution in [0.25, 0.3) is 5.69 Å². The summed E-state index contributed by atoms with van der Waals surface area (Å²) in [5.41, 5.74) is 0.750. The summed E-state index contributed by atoms with van der Waals surface area (Å²) in [4.78, 5) is 23.2. The summed E-state index contributed by atoms with van der Waals surface area (Å²) in [5, 5.41) is 13.0. The van der Waals surface area contributed by atoms with Gasteiger partial charge in [-0.25, -0.2) is 0 Å². The Labute approximate surface area is 108 Å². The average molecular weight is 264 g/mol. The molecule has 2 aromatic heterocycles. The van der Waals surface area contributed by atoms with Crippen LogP contribution in [0.1, 0.15) is 16.6 Å².